The highest BCUT2D eigenvalue weighted by Gasteiger charge is 2.28. The highest BCUT2D eigenvalue weighted by molar-refractivity contribution is 9.10. The highest BCUT2D eigenvalue weighted by atomic mass is 79.9. The molecule has 2 unspecified atom stereocenters. The number of carbonyl (C=O) groups excluding carboxylic acids is 1. The van der Waals surface area contributed by atoms with Crippen LogP contribution >= 0.6 is 27.7 Å². The molecule has 0 spiro atoms. The Bertz CT molecular complexity index is 427. The molecule has 1 aliphatic rings. The van der Waals surface area contributed by atoms with E-state index in [0.717, 1.165) is 12.2 Å². The molecule has 1 saturated carbocycles. The molecule has 3 nitrogen and oxygen atoms in total. The van der Waals surface area contributed by atoms with Gasteiger partial charge in [0.15, 0.2) is 0 Å². The molecule has 2 atom stereocenters. The zero-order chi connectivity index (χ0) is 13.0. The third kappa shape index (κ3) is 3.48. The van der Waals surface area contributed by atoms with Crippen LogP contribution in [0, 0.1) is 0 Å². The van der Waals surface area contributed by atoms with Gasteiger partial charge in [0.25, 0.3) is 5.91 Å². The summed E-state index contributed by atoms with van der Waals surface area (Å²) >= 11 is 5.23. The second-order valence-electron chi connectivity index (χ2n) is 4.35. The Morgan fingerprint density at radius 1 is 1.56 bits per heavy atom. The molecule has 1 aromatic heterocycles. The van der Waals surface area contributed by atoms with Crippen molar-refractivity contribution in [2.24, 2.45) is 0 Å². The molecule has 0 aliphatic heterocycles. The van der Waals surface area contributed by atoms with E-state index in [-0.39, 0.29) is 5.91 Å². The molecule has 1 aromatic rings. The van der Waals surface area contributed by atoms with Gasteiger partial charge in [0.1, 0.15) is 10.3 Å². The number of thioether (sulfide) groups is 1. The topological polar surface area (TPSA) is 42.0 Å². The number of hydrogen-bond donors (Lipinski definition) is 1. The van der Waals surface area contributed by atoms with E-state index in [2.05, 4.69) is 33.2 Å². The van der Waals surface area contributed by atoms with Crippen LogP contribution in [0.5, 0.6) is 0 Å². The maximum absolute atomic E-state index is 12.1. The van der Waals surface area contributed by atoms with Crippen molar-refractivity contribution in [3.63, 3.8) is 0 Å². The van der Waals surface area contributed by atoms with E-state index >= 15 is 0 Å². The maximum atomic E-state index is 12.1. The fraction of sp³-hybridized carbons (Fsp3) is 0.538. The summed E-state index contributed by atoms with van der Waals surface area (Å²) in [5.41, 5.74) is 0.483. The Labute approximate surface area is 120 Å². The van der Waals surface area contributed by atoms with Crippen LogP contribution in [0.2, 0.25) is 0 Å². The summed E-state index contributed by atoms with van der Waals surface area (Å²) in [5, 5.41) is 3.68. The molecule has 1 aliphatic carbocycles. The fourth-order valence-corrected chi connectivity index (χ4v) is 3.82. The molecular weight excluding hydrogens is 312 g/mol. The molecular formula is C13H17BrN2OS. The Kier molecular flexibility index (Phi) is 5.06. The minimum Gasteiger partial charge on any atom is -0.347 e. The van der Waals surface area contributed by atoms with Crippen molar-refractivity contribution in [3.05, 3.63) is 28.5 Å². The van der Waals surface area contributed by atoms with Gasteiger partial charge in [0, 0.05) is 11.3 Å². The molecule has 5 heteroatoms. The summed E-state index contributed by atoms with van der Waals surface area (Å²) in [6.07, 6.45) is 3.49. The van der Waals surface area contributed by atoms with E-state index in [1.54, 1.807) is 6.07 Å². The Morgan fingerprint density at radius 2 is 2.39 bits per heavy atom. The molecule has 2 rings (SSSR count). The van der Waals surface area contributed by atoms with Gasteiger partial charge in [-0.15, -0.1) is 0 Å². The largest absolute Gasteiger partial charge is 0.347 e. The zero-order valence-corrected chi connectivity index (χ0v) is 12.8. The summed E-state index contributed by atoms with van der Waals surface area (Å²) in [7, 11) is 0. The second kappa shape index (κ2) is 6.57. The second-order valence-corrected chi connectivity index (χ2v) is 6.68. The van der Waals surface area contributed by atoms with E-state index in [1.807, 2.05) is 23.9 Å². The van der Waals surface area contributed by atoms with E-state index in [4.69, 9.17) is 0 Å². The molecule has 1 N–H and O–H groups in total. The first-order chi connectivity index (χ1) is 8.70. The van der Waals surface area contributed by atoms with Crippen LogP contribution in [0.25, 0.3) is 0 Å². The van der Waals surface area contributed by atoms with Crippen molar-refractivity contribution in [2.45, 2.75) is 37.5 Å². The number of nitrogens with zero attached hydrogens (tertiary/aromatic N) is 1. The first kappa shape index (κ1) is 13.9. The molecule has 1 amide bonds. The van der Waals surface area contributed by atoms with Crippen LogP contribution in [0.1, 0.15) is 36.7 Å². The minimum absolute atomic E-state index is 0.0649. The summed E-state index contributed by atoms with van der Waals surface area (Å²) in [5.74, 6) is 1.04. The lowest BCUT2D eigenvalue weighted by molar-refractivity contribution is 0.0933. The van der Waals surface area contributed by atoms with Gasteiger partial charge in [0.2, 0.25) is 0 Å². The van der Waals surface area contributed by atoms with Crippen molar-refractivity contribution < 1.29 is 4.79 Å². The van der Waals surface area contributed by atoms with Gasteiger partial charge >= 0.3 is 0 Å². The minimum atomic E-state index is -0.0649. The lowest BCUT2D eigenvalue weighted by Gasteiger charge is -2.19. The molecule has 98 valence electrons. The third-order valence-corrected chi connectivity index (χ3v) is 4.86. The van der Waals surface area contributed by atoms with Gasteiger partial charge in [-0.2, -0.15) is 11.8 Å². The first-order valence-electron chi connectivity index (χ1n) is 6.25. The summed E-state index contributed by atoms with van der Waals surface area (Å²) < 4.78 is 0.695. The summed E-state index contributed by atoms with van der Waals surface area (Å²) in [4.78, 5) is 16.3. The standard InChI is InChI=1S/C13H17BrN2OS/c1-2-18-11-7-3-5-9(11)16-13(17)10-6-4-8-12(14)15-10/h4,6,8-9,11H,2-3,5,7H2,1H3,(H,16,17). The number of hydrogen-bond acceptors (Lipinski definition) is 3. The van der Waals surface area contributed by atoms with Gasteiger partial charge in [0.05, 0.1) is 0 Å². The number of halogens is 1. The maximum Gasteiger partial charge on any atom is 0.270 e. The zero-order valence-electron chi connectivity index (χ0n) is 10.4. The average molecular weight is 329 g/mol. The van der Waals surface area contributed by atoms with Crippen LogP contribution in [0.3, 0.4) is 0 Å². The van der Waals surface area contributed by atoms with Crippen LogP contribution in [0.4, 0.5) is 0 Å². The number of nitrogens with one attached hydrogen (secondary N) is 1. The van der Waals surface area contributed by atoms with Gasteiger partial charge in [-0.3, -0.25) is 4.79 Å². The molecule has 1 fully saturated rings. The number of carbonyl (C=O) groups is 1. The van der Waals surface area contributed by atoms with Crippen LogP contribution in [-0.2, 0) is 0 Å². The SMILES string of the molecule is CCSC1CCCC1NC(=O)c1cccc(Br)n1. The Hall–Kier alpha value is -0.550. The van der Waals surface area contributed by atoms with Crippen molar-refractivity contribution in [1.82, 2.24) is 10.3 Å². The quantitative estimate of drug-likeness (QED) is 0.862. The number of rotatable bonds is 4. The molecule has 1 heterocycles. The van der Waals surface area contributed by atoms with Gasteiger partial charge < -0.3 is 5.32 Å². The van der Waals surface area contributed by atoms with Crippen LogP contribution < -0.4 is 5.32 Å². The fourth-order valence-electron chi connectivity index (χ4n) is 2.28. The smallest absolute Gasteiger partial charge is 0.270 e. The normalized spacial score (nSPS) is 23.0. The summed E-state index contributed by atoms with van der Waals surface area (Å²) in [6, 6.07) is 5.70. The predicted octanol–water partition coefficient (Wildman–Crippen LogP) is 3.25. The van der Waals surface area contributed by atoms with Crippen molar-refractivity contribution in [3.8, 4) is 0 Å². The van der Waals surface area contributed by atoms with Crippen molar-refractivity contribution in [1.29, 1.82) is 0 Å². The predicted molar refractivity (Wildman–Crippen MR) is 79.0 cm³/mol. The molecule has 18 heavy (non-hydrogen) atoms. The van der Waals surface area contributed by atoms with Crippen LogP contribution in [0.15, 0.2) is 22.8 Å². The van der Waals surface area contributed by atoms with Crippen LogP contribution in [-0.4, -0.2) is 27.9 Å². The van der Waals surface area contributed by atoms with Crippen molar-refractivity contribution in [2.75, 3.05) is 5.75 Å². The summed E-state index contributed by atoms with van der Waals surface area (Å²) in [6.45, 7) is 2.16. The Balaban J connectivity index is 1.98. The molecule has 0 saturated heterocycles. The van der Waals surface area contributed by atoms with Gasteiger partial charge in [-0.05, 0) is 46.7 Å². The number of pyridine rings is 1. The lowest BCUT2D eigenvalue weighted by Crippen LogP contribution is -2.39. The number of aromatic nitrogens is 1. The molecule has 0 radical (unpaired) electrons. The van der Waals surface area contributed by atoms with Crippen molar-refractivity contribution >= 4 is 33.6 Å². The Morgan fingerprint density at radius 3 is 3.11 bits per heavy atom. The monoisotopic (exact) mass is 328 g/mol. The number of amides is 1. The first-order valence-corrected chi connectivity index (χ1v) is 8.10. The van der Waals surface area contributed by atoms with Gasteiger partial charge in [-0.25, -0.2) is 4.98 Å². The van der Waals surface area contributed by atoms with E-state index in [0.29, 0.717) is 21.6 Å². The van der Waals surface area contributed by atoms with E-state index in [9.17, 15) is 4.79 Å². The lowest BCUT2D eigenvalue weighted by atomic mass is 10.2. The van der Waals surface area contributed by atoms with Gasteiger partial charge in [-0.1, -0.05) is 19.4 Å². The average Bonchev–Trinajstić information content (AvgIpc) is 2.77. The third-order valence-electron chi connectivity index (χ3n) is 3.10. The van der Waals surface area contributed by atoms with E-state index in [1.165, 1.54) is 12.8 Å². The van der Waals surface area contributed by atoms with E-state index < -0.39 is 0 Å². The molecule has 0 bridgehead atoms. The molecule has 0 aromatic carbocycles. The highest BCUT2D eigenvalue weighted by Crippen LogP contribution is 2.30.